The highest BCUT2D eigenvalue weighted by Gasteiger charge is 2.48. The lowest BCUT2D eigenvalue weighted by Gasteiger charge is -2.45. The molecule has 2 rings (SSSR count). The van der Waals surface area contributed by atoms with E-state index in [0.29, 0.717) is 25.7 Å². The number of Topliss-reactive ketones (excluding diaryl/α,β-unsaturated/α-hetero) is 1. The van der Waals surface area contributed by atoms with E-state index in [4.69, 9.17) is 9.47 Å². The molecule has 0 radical (unpaired) electrons. The molecule has 1 saturated heterocycles. The summed E-state index contributed by atoms with van der Waals surface area (Å²) in [6.07, 6.45) is 4.75. The summed E-state index contributed by atoms with van der Waals surface area (Å²) < 4.78 is 11.4. The van der Waals surface area contributed by atoms with Crippen molar-refractivity contribution in [2.75, 3.05) is 7.11 Å². The Bertz CT molecular complexity index is 956. The lowest BCUT2D eigenvalue weighted by molar-refractivity contribution is -0.211. The molecule has 0 saturated carbocycles. The summed E-state index contributed by atoms with van der Waals surface area (Å²) in [5, 5.41) is 19.9. The number of methoxy groups -OCH3 is 1. The Morgan fingerprint density at radius 3 is 2.55 bits per heavy atom. The third kappa shape index (κ3) is 7.02. The number of carbonyl (C=O) groups is 2. The van der Waals surface area contributed by atoms with Crippen LogP contribution in [-0.2, 0) is 20.7 Å². The summed E-state index contributed by atoms with van der Waals surface area (Å²) in [6.45, 7) is 11.0. The van der Waals surface area contributed by atoms with E-state index >= 15 is 0 Å². The quantitative estimate of drug-likeness (QED) is 0.409. The zero-order valence-electron chi connectivity index (χ0n) is 20.9. The highest BCUT2D eigenvalue weighted by Crippen LogP contribution is 2.36. The molecule has 2 N–H and O–H groups in total. The Labute approximate surface area is 197 Å². The number of carbonyl (C=O) groups excluding carboxylic acids is 2. The lowest BCUT2D eigenvalue weighted by Crippen LogP contribution is -2.57. The first-order chi connectivity index (χ1) is 15.3. The van der Waals surface area contributed by atoms with Crippen molar-refractivity contribution < 1.29 is 29.3 Å². The molecule has 1 aliphatic heterocycles. The topological polar surface area (TPSA) is 93.1 Å². The number of ether oxygens (including phenoxy) is 2. The number of hydrogen-bond donors (Lipinski definition) is 2. The predicted molar refractivity (Wildman–Crippen MR) is 129 cm³/mol. The van der Waals surface area contributed by atoms with Crippen LogP contribution >= 0.6 is 0 Å². The Kier molecular flexibility index (Phi) is 8.66. The van der Waals surface area contributed by atoms with Gasteiger partial charge >= 0.3 is 0 Å². The maximum absolute atomic E-state index is 12.5. The van der Waals surface area contributed by atoms with Crippen LogP contribution in [0.15, 0.2) is 35.4 Å². The number of phenolic OH excluding ortho intramolecular Hbond substituents is 1. The van der Waals surface area contributed by atoms with Crippen LogP contribution in [0.2, 0.25) is 0 Å². The Hall–Kier alpha value is -2.44. The predicted octanol–water partition coefficient (Wildman–Crippen LogP) is 4.77. The Morgan fingerprint density at radius 2 is 1.91 bits per heavy atom. The van der Waals surface area contributed by atoms with E-state index in [9.17, 15) is 19.8 Å². The molecule has 33 heavy (non-hydrogen) atoms. The molecule has 6 nitrogen and oxygen atoms in total. The number of hydrogen-bond acceptors (Lipinski definition) is 6. The minimum absolute atomic E-state index is 0.00269. The molecule has 0 aromatic heterocycles. The van der Waals surface area contributed by atoms with Crippen molar-refractivity contribution in [3.63, 3.8) is 0 Å². The highest BCUT2D eigenvalue weighted by atomic mass is 16.5. The largest absolute Gasteiger partial charge is 0.508 e. The van der Waals surface area contributed by atoms with Gasteiger partial charge in [-0.1, -0.05) is 17.2 Å². The van der Waals surface area contributed by atoms with E-state index in [1.807, 2.05) is 26.8 Å². The fourth-order valence-electron chi connectivity index (χ4n) is 4.27. The lowest BCUT2D eigenvalue weighted by atomic mass is 9.81. The number of phenols is 1. The molecule has 1 aliphatic rings. The molecule has 6 heteroatoms. The molecule has 1 aromatic carbocycles. The number of aliphatic hydroxyl groups excluding tert-OH is 1. The summed E-state index contributed by atoms with van der Waals surface area (Å²) in [4.78, 5) is 25.0. The maximum atomic E-state index is 12.5. The molecule has 2 unspecified atom stereocenters. The highest BCUT2D eigenvalue weighted by molar-refractivity contribution is 5.92. The van der Waals surface area contributed by atoms with Crippen LogP contribution in [-0.4, -0.2) is 46.2 Å². The minimum Gasteiger partial charge on any atom is -0.508 e. The molecule has 1 aromatic rings. The second-order valence-electron chi connectivity index (χ2n) is 9.92. The number of rotatable bonds is 9. The SMILES string of the molecule is COc1c(C)cc(O)cc1C/C=C(\C)CC(=O)/C=C(\C)CCC1(C)OC(C)(C)C(O)CC1=O. The van der Waals surface area contributed by atoms with Gasteiger partial charge in [-0.3, -0.25) is 9.59 Å². The number of aryl methyl sites for hydroxylation is 1. The number of aliphatic hydroxyl groups is 1. The summed E-state index contributed by atoms with van der Waals surface area (Å²) in [5.41, 5.74) is 1.80. The molecule has 0 aliphatic carbocycles. The number of aromatic hydroxyl groups is 1. The average Bonchev–Trinajstić information content (AvgIpc) is 2.69. The number of ketones is 2. The summed E-state index contributed by atoms with van der Waals surface area (Å²) in [5.74, 6) is 0.820. The van der Waals surface area contributed by atoms with Gasteiger partial charge in [0.05, 0.1) is 18.8 Å². The van der Waals surface area contributed by atoms with E-state index in [2.05, 4.69) is 0 Å². The van der Waals surface area contributed by atoms with Crippen LogP contribution in [0.4, 0.5) is 0 Å². The molecular weight excluding hydrogens is 420 g/mol. The second-order valence-corrected chi connectivity index (χ2v) is 9.92. The van der Waals surface area contributed by atoms with Crippen molar-refractivity contribution in [2.45, 2.75) is 91.0 Å². The molecule has 0 spiro atoms. The van der Waals surface area contributed by atoms with Gasteiger partial charge in [-0.15, -0.1) is 0 Å². The van der Waals surface area contributed by atoms with Gasteiger partial charge in [-0.25, -0.2) is 0 Å². The van der Waals surface area contributed by atoms with Crippen LogP contribution in [0.3, 0.4) is 0 Å². The van der Waals surface area contributed by atoms with E-state index in [0.717, 1.165) is 28.0 Å². The Balaban J connectivity index is 1.96. The number of benzene rings is 1. The first-order valence-electron chi connectivity index (χ1n) is 11.4. The van der Waals surface area contributed by atoms with Crippen LogP contribution < -0.4 is 4.74 Å². The fourth-order valence-corrected chi connectivity index (χ4v) is 4.27. The van der Waals surface area contributed by atoms with Crippen molar-refractivity contribution in [1.82, 2.24) is 0 Å². The van der Waals surface area contributed by atoms with Gasteiger partial charge in [-0.2, -0.15) is 0 Å². The van der Waals surface area contributed by atoms with Crippen LogP contribution in [0.25, 0.3) is 0 Å². The average molecular weight is 459 g/mol. The van der Waals surface area contributed by atoms with Gasteiger partial charge in [0.15, 0.2) is 11.6 Å². The van der Waals surface area contributed by atoms with E-state index in [1.165, 1.54) is 0 Å². The molecular formula is C27H38O6. The van der Waals surface area contributed by atoms with Crippen molar-refractivity contribution in [3.8, 4) is 11.5 Å². The molecule has 1 fully saturated rings. The normalized spacial score (nSPS) is 23.5. The molecule has 0 bridgehead atoms. The van der Waals surface area contributed by atoms with E-state index in [1.54, 1.807) is 46.1 Å². The van der Waals surface area contributed by atoms with Gasteiger partial charge < -0.3 is 19.7 Å². The van der Waals surface area contributed by atoms with Crippen LogP contribution in [0.1, 0.15) is 71.4 Å². The van der Waals surface area contributed by atoms with Crippen molar-refractivity contribution in [3.05, 3.63) is 46.6 Å². The maximum Gasteiger partial charge on any atom is 0.167 e. The fraction of sp³-hybridized carbons (Fsp3) is 0.556. The molecule has 2 atom stereocenters. The minimum atomic E-state index is -0.963. The third-order valence-electron chi connectivity index (χ3n) is 6.33. The van der Waals surface area contributed by atoms with Gasteiger partial charge in [0.25, 0.3) is 0 Å². The third-order valence-corrected chi connectivity index (χ3v) is 6.33. The smallest absolute Gasteiger partial charge is 0.167 e. The van der Waals surface area contributed by atoms with Crippen LogP contribution in [0, 0.1) is 6.92 Å². The number of allylic oxidation sites excluding steroid dienone is 4. The van der Waals surface area contributed by atoms with Gasteiger partial charge in [0.2, 0.25) is 0 Å². The first kappa shape index (κ1) is 26.8. The van der Waals surface area contributed by atoms with Gasteiger partial charge in [0.1, 0.15) is 17.1 Å². The summed E-state index contributed by atoms with van der Waals surface area (Å²) >= 11 is 0. The van der Waals surface area contributed by atoms with Gasteiger partial charge in [-0.05, 0) is 84.6 Å². The van der Waals surface area contributed by atoms with E-state index < -0.39 is 17.3 Å². The van der Waals surface area contributed by atoms with Gasteiger partial charge in [0, 0.05) is 18.4 Å². The molecule has 0 amide bonds. The zero-order valence-corrected chi connectivity index (χ0v) is 20.9. The van der Waals surface area contributed by atoms with Crippen molar-refractivity contribution >= 4 is 11.6 Å². The molecule has 1 heterocycles. The zero-order chi connectivity index (χ0) is 25.0. The standard InChI is InChI=1S/C27H38O6/c1-17(8-9-20-15-22(29)14-19(3)25(20)32-7)12-21(28)13-18(2)10-11-27(6)24(31)16-23(30)26(4,5)33-27/h8,13-15,23,29-30H,9-12,16H2,1-7H3/b17-8+,18-13+. The summed E-state index contributed by atoms with van der Waals surface area (Å²) in [6, 6.07) is 3.34. The summed E-state index contributed by atoms with van der Waals surface area (Å²) in [7, 11) is 1.60. The first-order valence-corrected chi connectivity index (χ1v) is 11.4. The molecule has 182 valence electrons. The Morgan fingerprint density at radius 1 is 1.24 bits per heavy atom. The monoisotopic (exact) mass is 458 g/mol. The second kappa shape index (κ2) is 10.7. The van der Waals surface area contributed by atoms with E-state index in [-0.39, 0.29) is 23.7 Å². The van der Waals surface area contributed by atoms with Crippen molar-refractivity contribution in [2.24, 2.45) is 0 Å². The van der Waals surface area contributed by atoms with Crippen LogP contribution in [0.5, 0.6) is 11.5 Å². The van der Waals surface area contributed by atoms with Crippen molar-refractivity contribution in [1.29, 1.82) is 0 Å².